The summed E-state index contributed by atoms with van der Waals surface area (Å²) in [5.74, 6) is 2.87. The van der Waals surface area contributed by atoms with Crippen molar-refractivity contribution < 1.29 is 4.74 Å². The van der Waals surface area contributed by atoms with E-state index >= 15 is 0 Å². The Bertz CT molecular complexity index is 398. The summed E-state index contributed by atoms with van der Waals surface area (Å²) in [6, 6.07) is 0.673. The Labute approximate surface area is 148 Å². The molecule has 2 aliphatic carbocycles. The van der Waals surface area contributed by atoms with Gasteiger partial charge in [0.15, 0.2) is 5.96 Å². The minimum absolute atomic E-state index is 0.471. The van der Waals surface area contributed by atoms with Crippen molar-refractivity contribution in [3.63, 3.8) is 0 Å². The van der Waals surface area contributed by atoms with Crippen LogP contribution in [0.4, 0.5) is 0 Å². The Hall–Kier alpha value is -0.770. The molecule has 0 aromatic rings. The lowest BCUT2D eigenvalue weighted by Crippen LogP contribution is -2.48. The molecule has 1 aliphatic heterocycles. The van der Waals surface area contributed by atoms with Crippen LogP contribution in [0, 0.1) is 11.8 Å². The summed E-state index contributed by atoms with van der Waals surface area (Å²) in [5.41, 5.74) is 0. The van der Waals surface area contributed by atoms with Gasteiger partial charge in [0.05, 0.1) is 6.10 Å². The van der Waals surface area contributed by atoms with E-state index in [9.17, 15) is 0 Å². The molecule has 3 fully saturated rings. The van der Waals surface area contributed by atoms with E-state index in [1.807, 2.05) is 0 Å². The molecule has 0 aromatic heterocycles. The van der Waals surface area contributed by atoms with Crippen molar-refractivity contribution in [2.24, 2.45) is 16.8 Å². The standard InChI is InChI=1S/C20H37N3O/c1-3-7-17-14-19(17)22-20(21-4-2)23-12-10-18(11-13-23)24-15-16-8-5-6-9-16/h16-19H,3-15H2,1-2H3,(H,21,22). The third-order valence-corrected chi connectivity index (χ3v) is 5.99. The molecule has 138 valence electrons. The molecule has 4 heteroatoms. The second kappa shape index (κ2) is 9.07. The Balaban J connectivity index is 1.39. The van der Waals surface area contributed by atoms with Gasteiger partial charge in [0.2, 0.25) is 0 Å². The smallest absolute Gasteiger partial charge is 0.194 e. The van der Waals surface area contributed by atoms with Gasteiger partial charge in [-0.15, -0.1) is 0 Å². The number of hydrogen-bond acceptors (Lipinski definition) is 2. The van der Waals surface area contributed by atoms with Gasteiger partial charge in [0, 0.05) is 32.3 Å². The molecule has 3 aliphatic rings. The first-order valence-corrected chi connectivity index (χ1v) is 10.5. The molecule has 24 heavy (non-hydrogen) atoms. The van der Waals surface area contributed by atoms with E-state index in [1.54, 1.807) is 0 Å². The molecule has 0 aromatic carbocycles. The number of ether oxygens (including phenoxy) is 1. The van der Waals surface area contributed by atoms with E-state index in [4.69, 9.17) is 9.73 Å². The molecule has 1 heterocycles. The Morgan fingerprint density at radius 1 is 1.12 bits per heavy atom. The minimum Gasteiger partial charge on any atom is -0.378 e. The molecule has 1 N–H and O–H groups in total. The van der Waals surface area contributed by atoms with E-state index in [-0.39, 0.29) is 0 Å². The lowest BCUT2D eigenvalue weighted by Gasteiger charge is -2.34. The highest BCUT2D eigenvalue weighted by atomic mass is 16.5. The SMILES string of the molecule is CCCC1CC1NC(=NCC)N1CCC(OCC2CCCC2)CC1. The van der Waals surface area contributed by atoms with E-state index in [2.05, 4.69) is 24.1 Å². The van der Waals surface area contributed by atoms with Crippen molar-refractivity contribution in [2.45, 2.75) is 83.8 Å². The lowest BCUT2D eigenvalue weighted by atomic mass is 10.1. The van der Waals surface area contributed by atoms with E-state index < -0.39 is 0 Å². The molecular weight excluding hydrogens is 298 g/mol. The zero-order chi connectivity index (χ0) is 16.8. The summed E-state index contributed by atoms with van der Waals surface area (Å²) < 4.78 is 6.21. The second-order valence-corrected chi connectivity index (χ2v) is 8.00. The number of nitrogens with zero attached hydrogens (tertiary/aromatic N) is 2. The van der Waals surface area contributed by atoms with Crippen LogP contribution in [0.15, 0.2) is 4.99 Å². The van der Waals surface area contributed by atoms with Crippen molar-refractivity contribution in [2.75, 3.05) is 26.2 Å². The topological polar surface area (TPSA) is 36.9 Å². The molecule has 1 saturated heterocycles. The molecule has 0 bridgehead atoms. The zero-order valence-corrected chi connectivity index (χ0v) is 15.8. The van der Waals surface area contributed by atoms with Crippen molar-refractivity contribution in [3.05, 3.63) is 0 Å². The van der Waals surface area contributed by atoms with Gasteiger partial charge < -0.3 is 15.0 Å². The largest absolute Gasteiger partial charge is 0.378 e. The normalized spacial score (nSPS) is 29.2. The average Bonchev–Trinajstić information content (AvgIpc) is 3.11. The molecule has 2 unspecified atom stereocenters. The van der Waals surface area contributed by atoms with Gasteiger partial charge >= 0.3 is 0 Å². The van der Waals surface area contributed by atoms with Crippen LogP contribution in [0.2, 0.25) is 0 Å². The maximum Gasteiger partial charge on any atom is 0.194 e. The fourth-order valence-corrected chi connectivity index (χ4v) is 4.35. The zero-order valence-electron chi connectivity index (χ0n) is 15.8. The van der Waals surface area contributed by atoms with E-state index in [0.717, 1.165) is 56.9 Å². The predicted molar refractivity (Wildman–Crippen MR) is 100 cm³/mol. The lowest BCUT2D eigenvalue weighted by molar-refractivity contribution is 0.000986. The monoisotopic (exact) mass is 335 g/mol. The van der Waals surface area contributed by atoms with Crippen LogP contribution >= 0.6 is 0 Å². The highest BCUT2D eigenvalue weighted by Crippen LogP contribution is 2.34. The number of hydrogen-bond donors (Lipinski definition) is 1. The third-order valence-electron chi connectivity index (χ3n) is 5.99. The van der Waals surface area contributed by atoms with Crippen LogP contribution in [-0.4, -0.2) is 49.2 Å². The summed E-state index contributed by atoms with van der Waals surface area (Å²) in [6.45, 7) is 8.46. The van der Waals surface area contributed by atoms with Gasteiger partial charge in [-0.3, -0.25) is 4.99 Å². The van der Waals surface area contributed by atoms with Crippen LogP contribution < -0.4 is 5.32 Å². The average molecular weight is 336 g/mol. The Kier molecular flexibility index (Phi) is 6.82. The van der Waals surface area contributed by atoms with Crippen LogP contribution in [0.25, 0.3) is 0 Å². The first kappa shape index (κ1) is 18.0. The fourth-order valence-electron chi connectivity index (χ4n) is 4.35. The van der Waals surface area contributed by atoms with Gasteiger partial charge in [0.25, 0.3) is 0 Å². The molecule has 0 radical (unpaired) electrons. The van der Waals surface area contributed by atoms with Gasteiger partial charge in [-0.25, -0.2) is 0 Å². The second-order valence-electron chi connectivity index (χ2n) is 8.00. The highest BCUT2D eigenvalue weighted by molar-refractivity contribution is 5.80. The highest BCUT2D eigenvalue weighted by Gasteiger charge is 2.37. The van der Waals surface area contributed by atoms with Crippen molar-refractivity contribution in [1.29, 1.82) is 0 Å². The minimum atomic E-state index is 0.471. The van der Waals surface area contributed by atoms with Crippen LogP contribution in [0.5, 0.6) is 0 Å². The molecule has 2 saturated carbocycles. The third kappa shape index (κ3) is 5.11. The number of aliphatic imine (C=N–C) groups is 1. The number of likely N-dealkylation sites (tertiary alicyclic amines) is 1. The predicted octanol–water partition coefficient (Wildman–Crippen LogP) is 3.81. The maximum absolute atomic E-state index is 6.21. The molecule has 4 nitrogen and oxygen atoms in total. The van der Waals surface area contributed by atoms with Gasteiger partial charge in [-0.1, -0.05) is 26.2 Å². The van der Waals surface area contributed by atoms with E-state index in [0.29, 0.717) is 12.1 Å². The number of rotatable bonds is 7. The summed E-state index contributed by atoms with van der Waals surface area (Å²) in [5, 5.41) is 3.72. The van der Waals surface area contributed by atoms with Gasteiger partial charge in [-0.2, -0.15) is 0 Å². The summed E-state index contributed by atoms with van der Waals surface area (Å²) in [6.07, 6.45) is 12.4. The summed E-state index contributed by atoms with van der Waals surface area (Å²) >= 11 is 0. The Morgan fingerprint density at radius 3 is 2.54 bits per heavy atom. The molecule has 3 rings (SSSR count). The van der Waals surface area contributed by atoms with Crippen LogP contribution in [-0.2, 0) is 4.74 Å². The quantitative estimate of drug-likeness (QED) is 0.568. The maximum atomic E-state index is 6.21. The summed E-state index contributed by atoms with van der Waals surface area (Å²) in [7, 11) is 0. The van der Waals surface area contributed by atoms with Crippen molar-refractivity contribution in [3.8, 4) is 0 Å². The molecule has 2 atom stereocenters. The number of piperidine rings is 1. The molecular formula is C20H37N3O. The number of guanidine groups is 1. The van der Waals surface area contributed by atoms with Crippen LogP contribution in [0.3, 0.4) is 0 Å². The molecule has 0 amide bonds. The van der Waals surface area contributed by atoms with Gasteiger partial charge in [-0.05, 0) is 57.3 Å². The number of nitrogens with one attached hydrogen (secondary N) is 1. The van der Waals surface area contributed by atoms with E-state index in [1.165, 1.54) is 44.9 Å². The Morgan fingerprint density at radius 2 is 1.88 bits per heavy atom. The molecule has 0 spiro atoms. The van der Waals surface area contributed by atoms with Gasteiger partial charge in [0.1, 0.15) is 0 Å². The van der Waals surface area contributed by atoms with Crippen LogP contribution in [0.1, 0.15) is 71.6 Å². The summed E-state index contributed by atoms with van der Waals surface area (Å²) in [4.78, 5) is 7.21. The first-order chi connectivity index (χ1) is 11.8. The fraction of sp³-hybridized carbons (Fsp3) is 0.950. The van der Waals surface area contributed by atoms with Crippen molar-refractivity contribution in [1.82, 2.24) is 10.2 Å². The van der Waals surface area contributed by atoms with Crippen molar-refractivity contribution >= 4 is 5.96 Å². The first-order valence-electron chi connectivity index (χ1n) is 10.5.